The highest BCUT2D eigenvalue weighted by molar-refractivity contribution is 5.83. The number of hydrogen-bond acceptors (Lipinski definition) is 3. The molecular weight excluding hydrogens is 260 g/mol. The van der Waals surface area contributed by atoms with Crippen LogP contribution in [0.1, 0.15) is 31.2 Å². The molecule has 2 aliphatic rings. The average molecular weight is 278 g/mol. The van der Waals surface area contributed by atoms with Crippen molar-refractivity contribution < 1.29 is 14.7 Å². The fourth-order valence-electron chi connectivity index (χ4n) is 2.45. The number of rotatable bonds is 3. The minimum atomic E-state index is -0.994. The van der Waals surface area contributed by atoms with Crippen molar-refractivity contribution in [1.82, 2.24) is 20.2 Å². The quantitative estimate of drug-likeness (QED) is 0.759. The second-order valence-electron chi connectivity index (χ2n) is 5.98. The van der Waals surface area contributed by atoms with Crippen molar-refractivity contribution in [2.24, 2.45) is 5.41 Å². The molecule has 1 atom stereocenters. The number of aliphatic carboxylic acids is 1. The summed E-state index contributed by atoms with van der Waals surface area (Å²) in [6.07, 6.45) is 4.01. The number of aromatic amines is 1. The Morgan fingerprint density at radius 3 is 3.00 bits per heavy atom. The minimum Gasteiger partial charge on any atom is -0.480 e. The number of fused-ring (bicyclic) bond motifs is 1. The maximum atomic E-state index is 12.2. The van der Waals surface area contributed by atoms with Crippen LogP contribution in [-0.4, -0.2) is 44.6 Å². The van der Waals surface area contributed by atoms with Crippen LogP contribution in [0.5, 0.6) is 0 Å². The Hall–Kier alpha value is -2.05. The number of hydrogen-bond donors (Lipinski definition) is 3. The molecular formula is C13H18N4O3. The van der Waals surface area contributed by atoms with E-state index >= 15 is 0 Å². The third-order valence-corrected chi connectivity index (χ3v) is 4.21. The van der Waals surface area contributed by atoms with Crippen LogP contribution in [0.3, 0.4) is 0 Å². The van der Waals surface area contributed by atoms with E-state index in [9.17, 15) is 14.7 Å². The lowest BCUT2D eigenvalue weighted by Gasteiger charge is -2.32. The summed E-state index contributed by atoms with van der Waals surface area (Å²) in [7, 11) is 0. The van der Waals surface area contributed by atoms with E-state index in [-0.39, 0.29) is 24.4 Å². The molecule has 7 nitrogen and oxygen atoms in total. The number of carbonyl (C=O) groups is 2. The maximum Gasteiger partial charge on any atom is 0.326 e. The Labute approximate surface area is 116 Å². The number of aromatic nitrogens is 2. The lowest BCUT2D eigenvalue weighted by atomic mass is 10.0. The van der Waals surface area contributed by atoms with E-state index in [0.717, 1.165) is 24.2 Å². The van der Waals surface area contributed by atoms with Gasteiger partial charge < -0.3 is 20.3 Å². The van der Waals surface area contributed by atoms with E-state index in [1.54, 1.807) is 0 Å². The molecule has 0 spiro atoms. The van der Waals surface area contributed by atoms with E-state index in [1.807, 2.05) is 0 Å². The predicted octanol–water partition coefficient (Wildman–Crippen LogP) is 0.731. The Bertz CT molecular complexity index is 550. The largest absolute Gasteiger partial charge is 0.480 e. The number of nitrogens with zero attached hydrogens (tertiary/aromatic N) is 2. The third kappa shape index (κ3) is 2.35. The molecule has 3 rings (SSSR count). The molecule has 1 aliphatic carbocycles. The second kappa shape index (κ2) is 4.50. The van der Waals surface area contributed by atoms with Crippen LogP contribution < -0.4 is 5.32 Å². The molecule has 20 heavy (non-hydrogen) atoms. The van der Waals surface area contributed by atoms with Crippen molar-refractivity contribution in [2.75, 3.05) is 6.54 Å². The van der Waals surface area contributed by atoms with Gasteiger partial charge in [-0.1, -0.05) is 6.92 Å². The van der Waals surface area contributed by atoms with Gasteiger partial charge in [0.05, 0.1) is 24.3 Å². The molecule has 3 N–H and O–H groups in total. The topological polar surface area (TPSA) is 98.3 Å². The lowest BCUT2D eigenvalue weighted by molar-refractivity contribution is -0.142. The average Bonchev–Trinajstić information content (AvgIpc) is 2.98. The molecule has 0 saturated heterocycles. The summed E-state index contributed by atoms with van der Waals surface area (Å²) in [4.78, 5) is 32.0. The van der Waals surface area contributed by atoms with Gasteiger partial charge in [-0.15, -0.1) is 0 Å². The first-order valence-electron chi connectivity index (χ1n) is 6.77. The van der Waals surface area contributed by atoms with E-state index in [1.165, 1.54) is 11.2 Å². The smallest absolute Gasteiger partial charge is 0.326 e. The van der Waals surface area contributed by atoms with Gasteiger partial charge in [0.15, 0.2) is 0 Å². The van der Waals surface area contributed by atoms with Crippen LogP contribution in [0, 0.1) is 5.41 Å². The molecule has 0 aromatic carbocycles. The molecule has 108 valence electrons. The highest BCUT2D eigenvalue weighted by Crippen LogP contribution is 2.44. The Kier molecular flexibility index (Phi) is 2.92. The predicted molar refractivity (Wildman–Crippen MR) is 70.0 cm³/mol. The fraction of sp³-hybridized carbons (Fsp3) is 0.615. The van der Waals surface area contributed by atoms with E-state index in [4.69, 9.17) is 0 Å². The van der Waals surface area contributed by atoms with Gasteiger partial charge in [0.2, 0.25) is 0 Å². The number of urea groups is 1. The lowest BCUT2D eigenvalue weighted by Crippen LogP contribution is -2.53. The van der Waals surface area contributed by atoms with Crippen molar-refractivity contribution >= 4 is 12.0 Å². The van der Waals surface area contributed by atoms with Gasteiger partial charge in [-0.3, -0.25) is 0 Å². The Morgan fingerprint density at radius 2 is 2.35 bits per heavy atom. The molecule has 1 aromatic rings. The molecule has 0 bridgehead atoms. The van der Waals surface area contributed by atoms with E-state index < -0.39 is 12.0 Å². The van der Waals surface area contributed by atoms with Crippen LogP contribution >= 0.6 is 0 Å². The number of carbonyl (C=O) groups excluding carboxylic acids is 1. The Balaban J connectivity index is 1.72. The third-order valence-electron chi connectivity index (χ3n) is 4.21. The number of imidazole rings is 1. The molecule has 1 aliphatic heterocycles. The van der Waals surface area contributed by atoms with Crippen LogP contribution in [0.15, 0.2) is 6.33 Å². The monoisotopic (exact) mass is 278 g/mol. The first-order chi connectivity index (χ1) is 9.48. The Morgan fingerprint density at radius 1 is 1.60 bits per heavy atom. The second-order valence-corrected chi connectivity index (χ2v) is 5.98. The first kappa shape index (κ1) is 13.0. The zero-order valence-corrected chi connectivity index (χ0v) is 11.3. The van der Waals surface area contributed by atoms with Gasteiger partial charge in [0.1, 0.15) is 6.04 Å². The van der Waals surface area contributed by atoms with Crippen molar-refractivity contribution in [2.45, 2.75) is 38.8 Å². The standard InChI is InChI=1S/C13H18N4O3/c1-13(2-3-13)6-14-12(20)17-5-9-8(15-7-16-9)4-10(17)11(18)19/h7,10H,2-6H2,1H3,(H,14,20)(H,15,16)(H,18,19). The normalized spacial score (nSPS) is 23.1. The molecule has 1 saturated carbocycles. The zero-order valence-electron chi connectivity index (χ0n) is 11.3. The van der Waals surface area contributed by atoms with Crippen molar-refractivity contribution in [3.8, 4) is 0 Å². The van der Waals surface area contributed by atoms with Gasteiger partial charge in [0, 0.05) is 13.0 Å². The zero-order chi connectivity index (χ0) is 14.3. The van der Waals surface area contributed by atoms with Gasteiger partial charge >= 0.3 is 12.0 Å². The molecule has 0 radical (unpaired) electrons. The maximum absolute atomic E-state index is 12.2. The van der Waals surface area contributed by atoms with E-state index in [2.05, 4.69) is 22.2 Å². The van der Waals surface area contributed by atoms with E-state index in [0.29, 0.717) is 6.54 Å². The van der Waals surface area contributed by atoms with Crippen LogP contribution in [-0.2, 0) is 17.8 Å². The van der Waals surface area contributed by atoms with Gasteiger partial charge in [-0.2, -0.15) is 0 Å². The summed E-state index contributed by atoms with van der Waals surface area (Å²) >= 11 is 0. The molecule has 1 aromatic heterocycles. The van der Waals surface area contributed by atoms with Crippen molar-refractivity contribution in [3.63, 3.8) is 0 Å². The summed E-state index contributed by atoms with van der Waals surface area (Å²) in [5.74, 6) is -0.994. The summed E-state index contributed by atoms with van der Waals surface area (Å²) < 4.78 is 0. The highest BCUT2D eigenvalue weighted by Gasteiger charge is 2.40. The van der Waals surface area contributed by atoms with Crippen molar-refractivity contribution in [3.05, 3.63) is 17.7 Å². The summed E-state index contributed by atoms with van der Waals surface area (Å²) in [6, 6.07) is -1.16. The summed E-state index contributed by atoms with van der Waals surface area (Å²) in [5.41, 5.74) is 1.74. The number of carboxylic acid groups (broad SMARTS) is 1. The molecule has 1 fully saturated rings. The molecule has 2 heterocycles. The number of H-pyrrole nitrogens is 1. The van der Waals surface area contributed by atoms with Crippen LogP contribution in [0.2, 0.25) is 0 Å². The fourth-order valence-corrected chi connectivity index (χ4v) is 2.45. The number of carboxylic acids is 1. The summed E-state index contributed by atoms with van der Waals surface area (Å²) in [6.45, 7) is 2.98. The van der Waals surface area contributed by atoms with Crippen LogP contribution in [0.25, 0.3) is 0 Å². The molecule has 1 unspecified atom stereocenters. The first-order valence-corrected chi connectivity index (χ1v) is 6.77. The minimum absolute atomic E-state index is 0.198. The number of nitrogens with one attached hydrogen (secondary N) is 2. The molecule has 7 heteroatoms. The number of amides is 2. The van der Waals surface area contributed by atoms with Crippen molar-refractivity contribution in [1.29, 1.82) is 0 Å². The SMILES string of the molecule is CC1(CNC(=O)N2Cc3[nH]cnc3CC2C(=O)O)CC1. The summed E-state index contributed by atoms with van der Waals surface area (Å²) in [5, 5.41) is 12.2. The molecule has 2 amide bonds. The highest BCUT2D eigenvalue weighted by atomic mass is 16.4. The van der Waals surface area contributed by atoms with Gasteiger partial charge in [-0.25, -0.2) is 14.6 Å². The van der Waals surface area contributed by atoms with Crippen LogP contribution in [0.4, 0.5) is 4.79 Å². The van der Waals surface area contributed by atoms with Gasteiger partial charge in [0.25, 0.3) is 0 Å². The van der Waals surface area contributed by atoms with Gasteiger partial charge in [-0.05, 0) is 18.3 Å².